The summed E-state index contributed by atoms with van der Waals surface area (Å²) in [6.45, 7) is 13.2. The number of aryl methyl sites for hydroxylation is 1. The summed E-state index contributed by atoms with van der Waals surface area (Å²) in [6.07, 6.45) is 3.87. The number of hydrogen-bond acceptors (Lipinski definition) is 4. The first-order chi connectivity index (χ1) is 12.5. The topological polar surface area (TPSA) is 27.5 Å². The van der Waals surface area contributed by atoms with E-state index in [1.165, 1.54) is 48.4 Å². The van der Waals surface area contributed by atoms with Gasteiger partial charge in [0.15, 0.2) is 0 Å². The quantitative estimate of drug-likeness (QED) is 0.762. The number of hydrogen-bond donors (Lipinski definition) is 0. The van der Waals surface area contributed by atoms with Crippen molar-refractivity contribution in [1.29, 1.82) is 0 Å². The van der Waals surface area contributed by atoms with Gasteiger partial charge >= 0.3 is 0 Å². The van der Waals surface area contributed by atoms with Crippen molar-refractivity contribution < 1.29 is 0 Å². The summed E-state index contributed by atoms with van der Waals surface area (Å²) >= 11 is 0. The molecule has 0 bridgehead atoms. The van der Waals surface area contributed by atoms with Gasteiger partial charge in [0.25, 0.3) is 0 Å². The third-order valence-corrected chi connectivity index (χ3v) is 5.47. The lowest BCUT2D eigenvalue weighted by Gasteiger charge is -2.33. The van der Waals surface area contributed by atoms with Crippen LogP contribution in [0.3, 0.4) is 0 Å². The van der Waals surface area contributed by atoms with Gasteiger partial charge in [-0.15, -0.1) is 0 Å². The molecule has 0 aliphatic carbocycles. The van der Waals surface area contributed by atoms with Crippen LogP contribution in [0.2, 0.25) is 0 Å². The van der Waals surface area contributed by atoms with Gasteiger partial charge in [0.05, 0.1) is 6.54 Å². The predicted molar refractivity (Wildman–Crippen MR) is 107 cm³/mol. The zero-order valence-corrected chi connectivity index (χ0v) is 16.8. The Labute approximate surface area is 158 Å². The first-order valence-electron chi connectivity index (χ1n) is 9.67. The van der Waals surface area contributed by atoms with Crippen molar-refractivity contribution in [3.63, 3.8) is 0 Å². The zero-order valence-electron chi connectivity index (χ0n) is 16.8. The van der Waals surface area contributed by atoms with Crippen LogP contribution in [-0.4, -0.2) is 71.3 Å². The number of aromatic nitrogens is 2. The maximum atomic E-state index is 4.29. The van der Waals surface area contributed by atoms with Gasteiger partial charge in [-0.05, 0) is 50.7 Å². The van der Waals surface area contributed by atoms with Crippen molar-refractivity contribution in [1.82, 2.24) is 24.5 Å². The minimum absolute atomic E-state index is 0.933. The van der Waals surface area contributed by atoms with E-state index in [1.54, 1.807) is 0 Å². The molecule has 5 nitrogen and oxygen atoms in total. The molecular formula is C21H33N5. The Kier molecular flexibility index (Phi) is 6.46. The van der Waals surface area contributed by atoms with E-state index in [2.05, 4.69) is 59.9 Å². The number of piperazine rings is 1. The summed E-state index contributed by atoms with van der Waals surface area (Å²) < 4.78 is 2.00. The molecule has 0 saturated carbocycles. The Morgan fingerprint density at radius 1 is 1.08 bits per heavy atom. The number of likely N-dealkylation sites (N-methyl/N-ethyl adjacent to an activating group) is 2. The van der Waals surface area contributed by atoms with E-state index in [1.807, 2.05) is 23.1 Å². The van der Waals surface area contributed by atoms with Crippen molar-refractivity contribution in [2.45, 2.75) is 33.5 Å². The minimum Gasteiger partial charge on any atom is -0.304 e. The molecule has 2 aromatic rings. The molecule has 0 spiro atoms. The Morgan fingerprint density at radius 2 is 1.81 bits per heavy atom. The van der Waals surface area contributed by atoms with E-state index < -0.39 is 0 Å². The van der Waals surface area contributed by atoms with Gasteiger partial charge in [0.2, 0.25) is 0 Å². The van der Waals surface area contributed by atoms with Crippen LogP contribution in [0.25, 0.3) is 0 Å². The third-order valence-electron chi connectivity index (χ3n) is 5.47. The van der Waals surface area contributed by atoms with Crippen LogP contribution in [0.5, 0.6) is 0 Å². The molecule has 0 atom stereocenters. The number of nitrogens with zero attached hydrogens (tertiary/aromatic N) is 5. The minimum atomic E-state index is 0.933. The van der Waals surface area contributed by atoms with Crippen molar-refractivity contribution in [2.75, 3.05) is 46.8 Å². The van der Waals surface area contributed by atoms with Gasteiger partial charge < -0.3 is 9.80 Å². The number of benzene rings is 1. The fraction of sp³-hybridized carbons (Fsp3) is 0.571. The molecule has 0 N–H and O–H groups in total. The van der Waals surface area contributed by atoms with E-state index in [4.69, 9.17) is 0 Å². The fourth-order valence-electron chi connectivity index (χ4n) is 3.67. The van der Waals surface area contributed by atoms with E-state index >= 15 is 0 Å². The van der Waals surface area contributed by atoms with Crippen LogP contribution in [0, 0.1) is 13.8 Å². The first-order valence-corrected chi connectivity index (χ1v) is 9.67. The molecule has 1 aliphatic rings. The molecule has 1 saturated heterocycles. The molecule has 0 unspecified atom stereocenters. The maximum absolute atomic E-state index is 4.29. The summed E-state index contributed by atoms with van der Waals surface area (Å²) in [4.78, 5) is 7.40. The van der Waals surface area contributed by atoms with Gasteiger partial charge in [-0.3, -0.25) is 9.58 Å². The second-order valence-corrected chi connectivity index (χ2v) is 7.79. The number of rotatable bonds is 7. The highest BCUT2D eigenvalue weighted by Crippen LogP contribution is 2.20. The monoisotopic (exact) mass is 355 g/mol. The molecule has 1 aromatic heterocycles. The summed E-state index contributed by atoms with van der Waals surface area (Å²) in [7, 11) is 4.41. The van der Waals surface area contributed by atoms with Crippen LogP contribution in [0.15, 0.2) is 30.6 Å². The molecule has 1 fully saturated rings. The lowest BCUT2D eigenvalue weighted by atomic mass is 9.98. The van der Waals surface area contributed by atoms with E-state index in [9.17, 15) is 0 Å². The smallest absolute Gasteiger partial charge is 0.0536 e. The van der Waals surface area contributed by atoms with Gasteiger partial charge in [0, 0.05) is 58.2 Å². The molecule has 0 radical (unpaired) electrons. The lowest BCUT2D eigenvalue weighted by Crippen LogP contribution is -2.44. The summed E-state index contributed by atoms with van der Waals surface area (Å²) in [5.41, 5.74) is 5.78. The van der Waals surface area contributed by atoms with Crippen LogP contribution in [0.4, 0.5) is 0 Å². The van der Waals surface area contributed by atoms with Gasteiger partial charge in [-0.1, -0.05) is 17.7 Å². The highest BCUT2D eigenvalue weighted by atomic mass is 15.3. The van der Waals surface area contributed by atoms with Crippen molar-refractivity contribution in [2.24, 2.45) is 0 Å². The standard InChI is InChI=1S/C21H33N5/c1-18-14-20(16-24(4)10-13-26-7-5-6-22-26)19(2)21(15-18)17-25-11-8-23(3)9-12-25/h5-7,14-15H,8-13,16-17H2,1-4H3. The molecule has 1 aromatic carbocycles. The molecule has 5 heteroatoms. The average molecular weight is 356 g/mol. The largest absolute Gasteiger partial charge is 0.304 e. The van der Waals surface area contributed by atoms with Crippen molar-refractivity contribution in [3.05, 3.63) is 52.8 Å². The average Bonchev–Trinajstić information content (AvgIpc) is 3.13. The van der Waals surface area contributed by atoms with Crippen LogP contribution < -0.4 is 0 Å². The first kappa shape index (κ1) is 19.1. The summed E-state index contributed by atoms with van der Waals surface area (Å²) in [6, 6.07) is 6.71. The molecule has 1 aliphatic heterocycles. The lowest BCUT2D eigenvalue weighted by molar-refractivity contribution is 0.148. The normalized spacial score (nSPS) is 16.5. The Bertz CT molecular complexity index is 687. The molecule has 3 rings (SSSR count). The second kappa shape index (κ2) is 8.80. The highest BCUT2D eigenvalue weighted by molar-refractivity contribution is 5.38. The van der Waals surface area contributed by atoms with Crippen LogP contribution in [-0.2, 0) is 19.6 Å². The van der Waals surface area contributed by atoms with Crippen LogP contribution >= 0.6 is 0 Å². The molecule has 26 heavy (non-hydrogen) atoms. The van der Waals surface area contributed by atoms with E-state index in [0.29, 0.717) is 0 Å². The van der Waals surface area contributed by atoms with Gasteiger partial charge in [0.1, 0.15) is 0 Å². The zero-order chi connectivity index (χ0) is 18.5. The maximum Gasteiger partial charge on any atom is 0.0536 e. The Hall–Kier alpha value is -1.69. The highest BCUT2D eigenvalue weighted by Gasteiger charge is 2.16. The molecule has 142 valence electrons. The summed E-state index contributed by atoms with van der Waals surface area (Å²) in [5, 5.41) is 4.29. The van der Waals surface area contributed by atoms with Crippen molar-refractivity contribution in [3.8, 4) is 0 Å². The van der Waals surface area contributed by atoms with E-state index in [0.717, 1.165) is 26.2 Å². The second-order valence-electron chi connectivity index (χ2n) is 7.79. The van der Waals surface area contributed by atoms with Crippen molar-refractivity contribution >= 4 is 0 Å². The Morgan fingerprint density at radius 3 is 2.50 bits per heavy atom. The van der Waals surface area contributed by atoms with Crippen LogP contribution in [0.1, 0.15) is 22.3 Å². The predicted octanol–water partition coefficient (Wildman–Crippen LogP) is 2.38. The molecule has 2 heterocycles. The summed E-state index contributed by atoms with van der Waals surface area (Å²) in [5.74, 6) is 0. The SMILES string of the molecule is Cc1cc(CN(C)CCn2cccn2)c(C)c(CN2CCN(C)CC2)c1. The van der Waals surface area contributed by atoms with Gasteiger partial charge in [-0.25, -0.2) is 0 Å². The third kappa shape index (κ3) is 5.16. The van der Waals surface area contributed by atoms with Gasteiger partial charge in [-0.2, -0.15) is 5.10 Å². The fourth-order valence-corrected chi connectivity index (χ4v) is 3.67. The molecular weight excluding hydrogens is 322 g/mol. The molecule has 0 amide bonds. The van der Waals surface area contributed by atoms with E-state index in [-0.39, 0.29) is 0 Å². The Balaban J connectivity index is 1.62.